The van der Waals surface area contributed by atoms with Crippen LogP contribution < -0.4 is 0 Å². The van der Waals surface area contributed by atoms with Crippen LogP contribution in [0.1, 0.15) is 45.6 Å². The second-order valence-electron chi connectivity index (χ2n) is 9.59. The smallest absolute Gasteiger partial charge is 0.148 e. The standard InChI is InChI=1S/C34H30O5/c35-29-23-13-22-28(33(38,26-18-9-3-10-19-26)31(36)24-14-5-1-6-15-24)30(29)34(39,27-20-11-4-12-21-27)32(37)25-16-7-2-8-17-25/h1-23,31-32,35-39H. The maximum atomic E-state index is 12.6. The Morgan fingerprint density at radius 2 is 0.821 bits per heavy atom. The fourth-order valence-electron chi connectivity index (χ4n) is 5.30. The van der Waals surface area contributed by atoms with E-state index in [1.54, 1.807) is 127 Å². The highest BCUT2D eigenvalue weighted by atomic mass is 16.3. The van der Waals surface area contributed by atoms with E-state index in [0.717, 1.165) is 0 Å². The van der Waals surface area contributed by atoms with E-state index in [0.29, 0.717) is 22.3 Å². The summed E-state index contributed by atoms with van der Waals surface area (Å²) in [7, 11) is 0. The first-order valence-corrected chi connectivity index (χ1v) is 12.7. The zero-order chi connectivity index (χ0) is 27.5. The van der Waals surface area contributed by atoms with Crippen LogP contribution in [0.25, 0.3) is 0 Å². The Kier molecular flexibility index (Phi) is 7.33. The van der Waals surface area contributed by atoms with Crippen molar-refractivity contribution in [1.82, 2.24) is 0 Å². The Morgan fingerprint density at radius 1 is 0.436 bits per heavy atom. The topological polar surface area (TPSA) is 101 Å². The number of aromatic hydroxyl groups is 1. The van der Waals surface area contributed by atoms with Crippen LogP contribution in [0.3, 0.4) is 0 Å². The Hall–Kier alpha value is -4.26. The van der Waals surface area contributed by atoms with Gasteiger partial charge in [-0.15, -0.1) is 0 Å². The molecule has 5 aromatic rings. The average molecular weight is 519 g/mol. The summed E-state index contributed by atoms with van der Waals surface area (Å²) in [5.41, 5.74) is -2.93. The molecule has 0 aromatic heterocycles. The first kappa shape index (κ1) is 26.4. The van der Waals surface area contributed by atoms with Gasteiger partial charge in [0.15, 0.2) is 0 Å². The fraction of sp³-hybridized carbons (Fsp3) is 0.118. The molecule has 4 atom stereocenters. The van der Waals surface area contributed by atoms with Crippen molar-refractivity contribution in [3.05, 3.63) is 173 Å². The number of phenolic OH excluding ortho intramolecular Hbond substituents is 1. The third kappa shape index (κ3) is 4.62. The molecule has 5 N–H and O–H groups in total. The lowest BCUT2D eigenvalue weighted by Crippen LogP contribution is -2.42. The molecule has 0 amide bonds. The van der Waals surface area contributed by atoms with Crippen LogP contribution >= 0.6 is 0 Å². The van der Waals surface area contributed by atoms with Gasteiger partial charge in [0.2, 0.25) is 0 Å². The number of hydrogen-bond donors (Lipinski definition) is 5. The highest BCUT2D eigenvalue weighted by Crippen LogP contribution is 2.51. The molecule has 196 valence electrons. The van der Waals surface area contributed by atoms with Crippen molar-refractivity contribution in [3.63, 3.8) is 0 Å². The number of hydrogen-bond acceptors (Lipinski definition) is 5. The molecule has 0 bridgehead atoms. The number of rotatable bonds is 8. The zero-order valence-electron chi connectivity index (χ0n) is 21.2. The van der Waals surface area contributed by atoms with Crippen molar-refractivity contribution in [1.29, 1.82) is 0 Å². The van der Waals surface area contributed by atoms with Gasteiger partial charge >= 0.3 is 0 Å². The summed E-state index contributed by atoms with van der Waals surface area (Å²) in [6.07, 6.45) is -3.03. The Morgan fingerprint density at radius 3 is 1.28 bits per heavy atom. The van der Waals surface area contributed by atoms with Crippen LogP contribution in [-0.4, -0.2) is 25.5 Å². The molecule has 0 saturated heterocycles. The van der Waals surface area contributed by atoms with Crippen molar-refractivity contribution in [3.8, 4) is 5.75 Å². The number of aliphatic hydroxyl groups is 4. The van der Waals surface area contributed by atoms with Crippen molar-refractivity contribution in [2.24, 2.45) is 0 Å². The third-order valence-corrected chi connectivity index (χ3v) is 7.28. The Labute approximate surface area is 227 Å². The van der Waals surface area contributed by atoms with Crippen LogP contribution in [0.15, 0.2) is 140 Å². The van der Waals surface area contributed by atoms with Crippen LogP contribution in [0.5, 0.6) is 5.75 Å². The van der Waals surface area contributed by atoms with Gasteiger partial charge < -0.3 is 25.5 Å². The maximum absolute atomic E-state index is 12.6. The second-order valence-corrected chi connectivity index (χ2v) is 9.59. The first-order chi connectivity index (χ1) is 18.9. The maximum Gasteiger partial charge on any atom is 0.148 e. The van der Waals surface area contributed by atoms with Gasteiger partial charge in [-0.2, -0.15) is 0 Å². The Bertz CT molecular complexity index is 1510. The van der Waals surface area contributed by atoms with Crippen molar-refractivity contribution < 1.29 is 25.5 Å². The zero-order valence-corrected chi connectivity index (χ0v) is 21.2. The quantitative estimate of drug-likeness (QED) is 0.191. The van der Waals surface area contributed by atoms with E-state index in [9.17, 15) is 25.5 Å². The molecular formula is C34H30O5. The molecule has 0 radical (unpaired) electrons. The van der Waals surface area contributed by atoms with Crippen LogP contribution in [0, 0.1) is 0 Å². The molecule has 0 saturated carbocycles. The van der Waals surface area contributed by atoms with Crippen LogP contribution in [0.2, 0.25) is 0 Å². The largest absolute Gasteiger partial charge is 0.508 e. The predicted octanol–water partition coefficient (Wildman–Crippen LogP) is 5.33. The molecule has 5 aromatic carbocycles. The molecule has 5 nitrogen and oxygen atoms in total. The minimum atomic E-state index is -2.22. The summed E-state index contributed by atoms with van der Waals surface area (Å²) in [5.74, 6) is -0.344. The lowest BCUT2D eigenvalue weighted by Gasteiger charge is -2.41. The molecule has 4 unspecified atom stereocenters. The van der Waals surface area contributed by atoms with Gasteiger partial charge in [-0.25, -0.2) is 0 Å². The summed E-state index contributed by atoms with van der Waals surface area (Å²) in [6, 6.07) is 39.0. The molecule has 39 heavy (non-hydrogen) atoms. The molecular weight excluding hydrogens is 488 g/mol. The van der Waals surface area contributed by atoms with Gasteiger partial charge in [0.1, 0.15) is 29.2 Å². The molecule has 5 heteroatoms. The molecule has 0 aliphatic carbocycles. The van der Waals surface area contributed by atoms with Gasteiger partial charge in [0, 0.05) is 11.1 Å². The summed E-state index contributed by atoms with van der Waals surface area (Å²) in [5, 5.41) is 60.1. The van der Waals surface area contributed by atoms with E-state index < -0.39 is 23.4 Å². The SMILES string of the molecule is Oc1cccc(C(O)(c2ccccc2)C(O)c2ccccc2)c1C(O)(c1ccccc1)C(O)c1ccccc1. The Balaban J connectivity index is 1.84. The molecule has 5 rings (SSSR count). The normalized spacial score (nSPS) is 16.0. The highest BCUT2D eigenvalue weighted by molar-refractivity contribution is 5.56. The summed E-state index contributed by atoms with van der Waals surface area (Å²) < 4.78 is 0. The van der Waals surface area contributed by atoms with Gasteiger partial charge in [0.25, 0.3) is 0 Å². The van der Waals surface area contributed by atoms with Crippen LogP contribution in [-0.2, 0) is 11.2 Å². The third-order valence-electron chi connectivity index (χ3n) is 7.28. The van der Waals surface area contributed by atoms with Gasteiger partial charge in [-0.3, -0.25) is 0 Å². The summed E-state index contributed by atoms with van der Waals surface area (Å²) in [4.78, 5) is 0. The molecule has 0 aliphatic rings. The van der Waals surface area contributed by atoms with Crippen molar-refractivity contribution >= 4 is 0 Å². The van der Waals surface area contributed by atoms with E-state index in [1.807, 2.05) is 6.07 Å². The van der Waals surface area contributed by atoms with E-state index >= 15 is 0 Å². The van der Waals surface area contributed by atoms with Crippen molar-refractivity contribution in [2.75, 3.05) is 0 Å². The lowest BCUT2D eigenvalue weighted by molar-refractivity contribution is -0.0707. The number of phenols is 1. The first-order valence-electron chi connectivity index (χ1n) is 12.7. The molecule has 0 spiro atoms. The minimum absolute atomic E-state index is 0.0476. The highest BCUT2D eigenvalue weighted by Gasteiger charge is 2.50. The van der Waals surface area contributed by atoms with E-state index in [4.69, 9.17) is 0 Å². The second kappa shape index (κ2) is 10.8. The number of benzene rings is 5. The van der Waals surface area contributed by atoms with Gasteiger partial charge in [0.05, 0.1) is 0 Å². The minimum Gasteiger partial charge on any atom is -0.508 e. The molecule has 0 heterocycles. The molecule has 0 aliphatic heterocycles. The van der Waals surface area contributed by atoms with E-state index in [2.05, 4.69) is 0 Å². The lowest BCUT2D eigenvalue weighted by atomic mass is 9.70. The summed E-state index contributed by atoms with van der Waals surface area (Å²) in [6.45, 7) is 0. The van der Waals surface area contributed by atoms with E-state index in [1.165, 1.54) is 6.07 Å². The van der Waals surface area contributed by atoms with Crippen molar-refractivity contribution in [2.45, 2.75) is 23.4 Å². The summed E-state index contributed by atoms with van der Waals surface area (Å²) >= 11 is 0. The number of aliphatic hydroxyl groups excluding tert-OH is 2. The van der Waals surface area contributed by atoms with Crippen LogP contribution in [0.4, 0.5) is 0 Å². The molecule has 0 fully saturated rings. The monoisotopic (exact) mass is 518 g/mol. The predicted molar refractivity (Wildman–Crippen MR) is 150 cm³/mol. The fourth-order valence-corrected chi connectivity index (χ4v) is 5.30. The van der Waals surface area contributed by atoms with Gasteiger partial charge in [-0.05, 0) is 28.3 Å². The van der Waals surface area contributed by atoms with Gasteiger partial charge in [-0.1, -0.05) is 133 Å². The van der Waals surface area contributed by atoms with E-state index in [-0.39, 0.29) is 16.9 Å². The average Bonchev–Trinajstić information content (AvgIpc) is 3.01.